The molecule has 7 aromatic carbocycles. The van der Waals surface area contributed by atoms with Gasteiger partial charge in [-0.2, -0.15) is 0 Å². The quantitative estimate of drug-likeness (QED) is 0.158. The van der Waals surface area contributed by atoms with Gasteiger partial charge in [-0.25, -0.2) is 0 Å². The predicted molar refractivity (Wildman–Crippen MR) is 170 cm³/mol. The first-order valence-corrected chi connectivity index (χ1v) is 14.3. The Balaban J connectivity index is 1.51. The number of carbonyl (C=O) groups is 1. The van der Waals surface area contributed by atoms with Crippen molar-refractivity contribution < 1.29 is 9.53 Å². The van der Waals surface area contributed by atoms with Crippen LogP contribution < -0.4 is 0 Å². The van der Waals surface area contributed by atoms with Gasteiger partial charge in [0.1, 0.15) is 0 Å². The van der Waals surface area contributed by atoms with Gasteiger partial charge in [0.05, 0.1) is 5.92 Å². The van der Waals surface area contributed by atoms with Crippen LogP contribution in [-0.2, 0) is 9.53 Å². The summed E-state index contributed by atoms with van der Waals surface area (Å²) in [7, 11) is 0. The van der Waals surface area contributed by atoms with Gasteiger partial charge >= 0.3 is 5.97 Å². The number of hydrogen-bond donors (Lipinski definition) is 0. The van der Waals surface area contributed by atoms with Gasteiger partial charge in [0, 0.05) is 11.1 Å². The van der Waals surface area contributed by atoms with E-state index in [2.05, 4.69) is 109 Å². The first kappa shape index (κ1) is 25.0. The Hall–Kier alpha value is -4.95. The van der Waals surface area contributed by atoms with Crippen molar-refractivity contribution in [3.63, 3.8) is 0 Å². The molecule has 198 valence electrons. The highest BCUT2D eigenvalue weighted by atomic mass is 16.5. The third-order valence-corrected chi connectivity index (χ3v) is 8.29. The summed E-state index contributed by atoms with van der Waals surface area (Å²) in [5.74, 6) is -0.560. The molecule has 0 saturated heterocycles. The molecule has 2 nitrogen and oxygen atoms in total. The third kappa shape index (κ3) is 4.42. The minimum atomic E-state index is -0.593. The summed E-state index contributed by atoms with van der Waals surface area (Å²) in [6.07, 6.45) is 0.0660. The second-order valence-corrected chi connectivity index (χ2v) is 10.7. The number of benzene rings is 7. The van der Waals surface area contributed by atoms with E-state index in [4.69, 9.17) is 4.74 Å². The maximum Gasteiger partial charge on any atom is 0.314 e. The number of carbonyl (C=O) groups excluding carboxylic acids is 1. The number of hydrogen-bond acceptors (Lipinski definition) is 2. The Morgan fingerprint density at radius 1 is 0.537 bits per heavy atom. The molecule has 0 fully saturated rings. The van der Waals surface area contributed by atoms with Gasteiger partial charge in [-0.05, 0) is 67.2 Å². The molecule has 2 heteroatoms. The predicted octanol–water partition coefficient (Wildman–Crippen LogP) is 10.1. The Morgan fingerprint density at radius 2 is 0.951 bits per heavy atom. The standard InChI is InChI=1S/C39H30O2/c1-2-29(26-14-4-3-5-15-26)39(40)41-38(36-24-27-16-6-8-18-30(27)32-20-10-12-22-34(32)36)37-25-28-17-7-9-19-31(28)33-21-11-13-23-35(33)37/h3-25,29,38H,2H2,1H3/t29-/m1/s1. The van der Waals surface area contributed by atoms with Gasteiger partial charge in [-0.3, -0.25) is 4.79 Å². The van der Waals surface area contributed by atoms with E-state index in [0.717, 1.165) is 49.0 Å². The van der Waals surface area contributed by atoms with Crippen LogP contribution in [0.25, 0.3) is 43.1 Å². The van der Waals surface area contributed by atoms with Gasteiger partial charge < -0.3 is 4.74 Å². The number of ether oxygens (including phenoxy) is 1. The summed E-state index contributed by atoms with van der Waals surface area (Å²) < 4.78 is 6.71. The average molecular weight is 531 g/mol. The van der Waals surface area contributed by atoms with Crippen LogP contribution >= 0.6 is 0 Å². The largest absolute Gasteiger partial charge is 0.452 e. The summed E-state index contributed by atoms with van der Waals surface area (Å²) >= 11 is 0. The average Bonchev–Trinajstić information content (AvgIpc) is 3.04. The fourth-order valence-electron chi connectivity index (χ4n) is 6.32. The molecule has 7 rings (SSSR count). The highest BCUT2D eigenvalue weighted by Gasteiger charge is 2.29. The van der Waals surface area contributed by atoms with E-state index in [1.54, 1.807) is 0 Å². The number of rotatable bonds is 6. The van der Waals surface area contributed by atoms with Crippen molar-refractivity contribution in [3.8, 4) is 0 Å². The molecule has 1 atom stereocenters. The molecule has 0 saturated carbocycles. The smallest absolute Gasteiger partial charge is 0.314 e. The zero-order chi connectivity index (χ0) is 27.8. The van der Waals surface area contributed by atoms with Crippen LogP contribution in [0.15, 0.2) is 140 Å². The Kier molecular flexibility index (Phi) is 6.45. The summed E-state index contributed by atoms with van der Waals surface area (Å²) in [6.45, 7) is 2.05. The van der Waals surface area contributed by atoms with Gasteiger partial charge in [-0.15, -0.1) is 0 Å². The summed E-state index contributed by atoms with van der Waals surface area (Å²) in [5.41, 5.74) is 2.97. The van der Waals surface area contributed by atoms with Crippen LogP contribution in [0.3, 0.4) is 0 Å². The van der Waals surface area contributed by atoms with E-state index in [1.807, 2.05) is 37.3 Å². The lowest BCUT2D eigenvalue weighted by atomic mass is 9.88. The minimum Gasteiger partial charge on any atom is -0.452 e. The first-order chi connectivity index (χ1) is 20.2. The van der Waals surface area contributed by atoms with Crippen molar-refractivity contribution in [3.05, 3.63) is 156 Å². The second-order valence-electron chi connectivity index (χ2n) is 10.7. The molecule has 0 aliphatic carbocycles. The highest BCUT2D eigenvalue weighted by molar-refractivity contribution is 6.11. The lowest BCUT2D eigenvalue weighted by Gasteiger charge is -2.26. The first-order valence-electron chi connectivity index (χ1n) is 14.3. The van der Waals surface area contributed by atoms with Crippen LogP contribution in [0.1, 0.15) is 42.1 Å². The van der Waals surface area contributed by atoms with Crippen molar-refractivity contribution in [2.75, 3.05) is 0 Å². The SMILES string of the molecule is CC[C@@H](C(=O)OC(c1cc2ccccc2c2ccccc12)c1cc2ccccc2c2ccccc12)c1ccccc1. The molecular formula is C39H30O2. The van der Waals surface area contributed by atoms with Gasteiger partial charge in [0.15, 0.2) is 6.10 Å². The molecule has 0 unspecified atom stereocenters. The fourth-order valence-corrected chi connectivity index (χ4v) is 6.32. The molecule has 0 spiro atoms. The molecule has 0 aromatic heterocycles. The Labute approximate surface area is 239 Å². The van der Waals surface area contributed by atoms with Crippen molar-refractivity contribution in [1.82, 2.24) is 0 Å². The summed E-state index contributed by atoms with van der Waals surface area (Å²) in [4.78, 5) is 14.1. The molecule has 41 heavy (non-hydrogen) atoms. The number of fused-ring (bicyclic) bond motifs is 6. The van der Waals surface area contributed by atoms with Crippen molar-refractivity contribution >= 4 is 49.1 Å². The molecule has 0 N–H and O–H groups in total. The molecular weight excluding hydrogens is 500 g/mol. The van der Waals surface area contributed by atoms with E-state index in [-0.39, 0.29) is 11.9 Å². The molecule has 7 aromatic rings. The number of esters is 1. The van der Waals surface area contributed by atoms with E-state index in [0.29, 0.717) is 6.42 Å². The zero-order valence-corrected chi connectivity index (χ0v) is 23.0. The molecule has 0 aliphatic heterocycles. The van der Waals surface area contributed by atoms with Gasteiger partial charge in [0.25, 0.3) is 0 Å². The second kappa shape index (κ2) is 10.6. The highest BCUT2D eigenvalue weighted by Crippen LogP contribution is 2.41. The molecule has 0 heterocycles. The van der Waals surface area contributed by atoms with Gasteiger partial charge in [-0.1, -0.05) is 134 Å². The summed E-state index contributed by atoms with van der Waals surface area (Å²) in [5, 5.41) is 9.13. The third-order valence-electron chi connectivity index (χ3n) is 8.29. The Morgan fingerprint density at radius 3 is 1.44 bits per heavy atom. The van der Waals surface area contributed by atoms with Crippen LogP contribution in [-0.4, -0.2) is 5.97 Å². The molecule has 0 radical (unpaired) electrons. The molecule has 0 aliphatic rings. The fraction of sp³-hybridized carbons (Fsp3) is 0.103. The van der Waals surface area contributed by atoms with Gasteiger partial charge in [0.2, 0.25) is 0 Å². The molecule has 0 amide bonds. The molecule has 0 bridgehead atoms. The van der Waals surface area contributed by atoms with Crippen LogP contribution in [0.4, 0.5) is 0 Å². The minimum absolute atomic E-state index is 0.210. The van der Waals surface area contributed by atoms with Crippen LogP contribution in [0, 0.1) is 0 Å². The maximum absolute atomic E-state index is 14.1. The van der Waals surface area contributed by atoms with Crippen molar-refractivity contribution in [2.24, 2.45) is 0 Å². The van der Waals surface area contributed by atoms with Crippen LogP contribution in [0.2, 0.25) is 0 Å². The van der Waals surface area contributed by atoms with Crippen LogP contribution in [0.5, 0.6) is 0 Å². The lowest BCUT2D eigenvalue weighted by molar-refractivity contribution is -0.149. The normalized spacial score (nSPS) is 12.3. The maximum atomic E-state index is 14.1. The monoisotopic (exact) mass is 530 g/mol. The lowest BCUT2D eigenvalue weighted by Crippen LogP contribution is -2.20. The van der Waals surface area contributed by atoms with Crippen molar-refractivity contribution in [2.45, 2.75) is 25.4 Å². The van der Waals surface area contributed by atoms with E-state index >= 15 is 0 Å². The van der Waals surface area contributed by atoms with E-state index < -0.39 is 6.10 Å². The van der Waals surface area contributed by atoms with Crippen molar-refractivity contribution in [1.29, 1.82) is 0 Å². The topological polar surface area (TPSA) is 26.3 Å². The Bertz CT molecular complexity index is 1920. The summed E-state index contributed by atoms with van der Waals surface area (Å²) in [6, 6.07) is 48.2. The zero-order valence-electron chi connectivity index (χ0n) is 23.0. The van der Waals surface area contributed by atoms with E-state index in [9.17, 15) is 4.79 Å². The van der Waals surface area contributed by atoms with E-state index in [1.165, 1.54) is 10.8 Å².